The van der Waals surface area contributed by atoms with Gasteiger partial charge >= 0.3 is 0 Å². The molecule has 0 bridgehead atoms. The summed E-state index contributed by atoms with van der Waals surface area (Å²) >= 11 is 3.57. The molecule has 1 aromatic carbocycles. The van der Waals surface area contributed by atoms with E-state index in [2.05, 4.69) is 40.7 Å². The quantitative estimate of drug-likeness (QED) is 0.295. The number of hydrogen-bond acceptors (Lipinski definition) is 7. The van der Waals surface area contributed by atoms with Crippen LogP contribution >= 0.6 is 15.9 Å². The van der Waals surface area contributed by atoms with E-state index in [4.69, 9.17) is 15.5 Å². The third-order valence-electron chi connectivity index (χ3n) is 5.67. The number of aliphatic imine (C=N–C) groups is 1. The third kappa shape index (κ3) is 12.4. The number of methoxy groups -OCH3 is 1. The normalized spacial score (nSPS) is 15.0. The number of benzene rings is 1. The molecule has 1 aromatic rings. The summed E-state index contributed by atoms with van der Waals surface area (Å²) in [5.41, 5.74) is 9.15. The molecule has 0 spiro atoms. The number of ketones is 1. The maximum absolute atomic E-state index is 13.3. The second kappa shape index (κ2) is 22.5. The molecule has 42 heavy (non-hydrogen) atoms. The highest BCUT2D eigenvalue weighted by molar-refractivity contribution is 9.10. The van der Waals surface area contributed by atoms with Crippen molar-refractivity contribution in [2.75, 3.05) is 27.2 Å². The Balaban J connectivity index is 0. The number of halogens is 1. The van der Waals surface area contributed by atoms with Crippen molar-refractivity contribution in [2.45, 2.75) is 94.7 Å². The summed E-state index contributed by atoms with van der Waals surface area (Å²) in [5.74, 6) is 2.04. The number of Topliss-reactive ketones (excluding diaryl/α,β-unsaturated/α-hetero) is 1. The van der Waals surface area contributed by atoms with Crippen LogP contribution in [-0.4, -0.2) is 65.6 Å². The highest BCUT2D eigenvalue weighted by Crippen LogP contribution is 2.32. The number of carbonyl (C=O) groups is 2. The van der Waals surface area contributed by atoms with Crippen molar-refractivity contribution in [3.63, 3.8) is 0 Å². The fraction of sp³-hybridized carbons (Fsp3) is 0.545. The molecule has 2 N–H and O–H groups in total. The van der Waals surface area contributed by atoms with Crippen LogP contribution in [0.15, 0.2) is 57.9 Å². The maximum Gasteiger partial charge on any atom is 0.280 e. The molecule has 2 aliphatic heterocycles. The summed E-state index contributed by atoms with van der Waals surface area (Å²) < 4.78 is 6.32. The molecular weight excluding hydrogens is 594 g/mol. The van der Waals surface area contributed by atoms with Gasteiger partial charge in [0.2, 0.25) is 5.96 Å². The van der Waals surface area contributed by atoms with Crippen molar-refractivity contribution in [1.82, 2.24) is 14.7 Å². The maximum atomic E-state index is 13.3. The number of fused-ring (bicyclic) bond motifs is 1. The first-order valence-electron chi connectivity index (χ1n) is 14.8. The second-order valence-corrected chi connectivity index (χ2v) is 10.1. The van der Waals surface area contributed by atoms with Gasteiger partial charge in [-0.1, -0.05) is 52.0 Å². The molecule has 238 valence electrons. The first-order chi connectivity index (χ1) is 20.0. The van der Waals surface area contributed by atoms with Crippen molar-refractivity contribution in [1.29, 1.82) is 0 Å². The Kier molecular flexibility index (Phi) is 22.0. The van der Waals surface area contributed by atoms with Crippen LogP contribution in [0, 0.1) is 6.92 Å². The second-order valence-electron chi connectivity index (χ2n) is 9.22. The number of amides is 1. The number of likely N-dealkylation sites (N-methyl/N-ethyl adjacent to an activating group) is 2. The Morgan fingerprint density at radius 2 is 1.79 bits per heavy atom. The standard InChI is InChI=1S/C23H32BrN5O2.C3H6O.C3H6.2C2H6/c1-6-8-9-10-17-14-29-21(25)19(22(30)28(7-2)23(29)26-17)27(4)13-16-11-15(3)20(31-5)18(24)12-16;1-3(2)4;1-3-2;2*1-2/h6,8,11-12,17H,7,9-10,13-14,25H2,1-5H3;1-2H3;3H,1H2,2H3;2*1-2H3/b8-6-;;;;/t17-;;;;/m1..../s1. The summed E-state index contributed by atoms with van der Waals surface area (Å²) in [6.07, 6.45) is 7.85. The monoisotopic (exact) mass is 649 g/mol. The van der Waals surface area contributed by atoms with Crippen LogP contribution in [0.4, 0.5) is 0 Å². The predicted octanol–water partition coefficient (Wildman–Crippen LogP) is 7.42. The SMILES string of the molecule is C/C=C\CC[C@@H]1CN2C(=N1)N(CC)C(=O)C(N(C)Cc1cc(C)c(OC)c(Br)c1)=C2N.C=CC.CC.CC.CC(C)=O. The molecule has 1 atom stereocenters. The number of carbonyl (C=O) groups excluding carboxylic acids is 2. The smallest absolute Gasteiger partial charge is 0.280 e. The van der Waals surface area contributed by atoms with Gasteiger partial charge < -0.3 is 20.2 Å². The van der Waals surface area contributed by atoms with Gasteiger partial charge in [-0.15, -0.1) is 6.58 Å². The Labute approximate surface area is 264 Å². The number of allylic oxidation sites excluding steroid dienone is 3. The summed E-state index contributed by atoms with van der Waals surface area (Å²) in [6, 6.07) is 4.22. The molecule has 8 nitrogen and oxygen atoms in total. The number of hydrogen-bond donors (Lipinski definition) is 1. The van der Waals surface area contributed by atoms with Gasteiger partial charge in [0.05, 0.1) is 24.2 Å². The lowest BCUT2D eigenvalue weighted by Crippen LogP contribution is -2.54. The minimum absolute atomic E-state index is 0.101. The zero-order valence-electron chi connectivity index (χ0n) is 28.2. The molecular formula is C33H56BrN5O3. The third-order valence-corrected chi connectivity index (χ3v) is 6.26. The zero-order valence-corrected chi connectivity index (χ0v) is 29.8. The summed E-state index contributed by atoms with van der Waals surface area (Å²) in [5, 5.41) is 0. The van der Waals surface area contributed by atoms with E-state index in [1.807, 2.05) is 78.3 Å². The molecule has 1 amide bonds. The summed E-state index contributed by atoms with van der Waals surface area (Å²) in [7, 11) is 3.56. The molecule has 0 radical (unpaired) electrons. The lowest BCUT2D eigenvalue weighted by molar-refractivity contribution is -0.126. The molecule has 0 aromatic heterocycles. The van der Waals surface area contributed by atoms with Gasteiger partial charge in [-0.3, -0.25) is 14.6 Å². The molecule has 3 rings (SSSR count). The zero-order chi connectivity index (χ0) is 33.0. The molecule has 0 unspecified atom stereocenters. The predicted molar refractivity (Wildman–Crippen MR) is 182 cm³/mol. The van der Waals surface area contributed by atoms with E-state index in [1.54, 1.807) is 18.1 Å². The lowest BCUT2D eigenvalue weighted by atomic mass is 10.1. The minimum atomic E-state index is -0.101. The molecule has 0 saturated heterocycles. The summed E-state index contributed by atoms with van der Waals surface area (Å²) in [4.78, 5) is 33.3. The minimum Gasteiger partial charge on any atom is -0.495 e. The molecule has 2 aliphatic rings. The van der Waals surface area contributed by atoms with E-state index < -0.39 is 0 Å². The first kappa shape index (κ1) is 41.1. The fourth-order valence-corrected chi connectivity index (χ4v) is 4.97. The molecule has 0 aliphatic carbocycles. The highest BCUT2D eigenvalue weighted by Gasteiger charge is 2.41. The highest BCUT2D eigenvalue weighted by atomic mass is 79.9. The number of ether oxygens (including phenoxy) is 1. The van der Waals surface area contributed by atoms with E-state index in [-0.39, 0.29) is 17.7 Å². The van der Waals surface area contributed by atoms with Gasteiger partial charge in [-0.25, -0.2) is 4.99 Å². The van der Waals surface area contributed by atoms with E-state index in [1.165, 1.54) is 13.8 Å². The van der Waals surface area contributed by atoms with Crippen LogP contribution in [0.5, 0.6) is 5.75 Å². The van der Waals surface area contributed by atoms with Gasteiger partial charge in [0.1, 0.15) is 23.1 Å². The van der Waals surface area contributed by atoms with Crippen LogP contribution in [0.3, 0.4) is 0 Å². The van der Waals surface area contributed by atoms with Gasteiger partial charge in [0.25, 0.3) is 5.91 Å². The van der Waals surface area contributed by atoms with Gasteiger partial charge in [0, 0.05) is 20.1 Å². The average molecular weight is 651 g/mol. The molecule has 0 saturated carbocycles. The van der Waals surface area contributed by atoms with Crippen LogP contribution < -0.4 is 10.5 Å². The van der Waals surface area contributed by atoms with Gasteiger partial charge in [0.15, 0.2) is 0 Å². The number of rotatable bonds is 8. The Bertz CT molecular complexity index is 1050. The number of aryl methyl sites for hydroxylation is 1. The molecule has 0 fully saturated rings. The van der Waals surface area contributed by atoms with Crippen molar-refractivity contribution in [2.24, 2.45) is 10.7 Å². The Morgan fingerprint density at radius 3 is 2.24 bits per heavy atom. The average Bonchev–Trinajstić information content (AvgIpc) is 3.36. The first-order valence-corrected chi connectivity index (χ1v) is 15.6. The van der Waals surface area contributed by atoms with Crippen molar-refractivity contribution in [3.05, 3.63) is 64.1 Å². The fourth-order valence-electron chi connectivity index (χ4n) is 4.20. The molecule has 9 heteroatoms. The van der Waals surface area contributed by atoms with E-state index >= 15 is 0 Å². The van der Waals surface area contributed by atoms with Crippen molar-refractivity contribution in [3.8, 4) is 5.75 Å². The Hall–Kier alpha value is -3.07. The topological polar surface area (TPSA) is 91.5 Å². The number of guanidine groups is 1. The lowest BCUT2D eigenvalue weighted by Gasteiger charge is -2.38. The van der Waals surface area contributed by atoms with E-state index in [0.717, 1.165) is 34.2 Å². The van der Waals surface area contributed by atoms with Crippen LogP contribution in [0.1, 0.15) is 86.3 Å². The largest absolute Gasteiger partial charge is 0.495 e. The van der Waals surface area contributed by atoms with E-state index in [9.17, 15) is 9.59 Å². The molecule has 2 heterocycles. The van der Waals surface area contributed by atoms with Crippen molar-refractivity contribution >= 4 is 33.6 Å². The number of nitrogens with zero attached hydrogens (tertiary/aromatic N) is 4. The van der Waals surface area contributed by atoms with Crippen LogP contribution in [0.25, 0.3) is 0 Å². The van der Waals surface area contributed by atoms with E-state index in [0.29, 0.717) is 37.1 Å². The van der Waals surface area contributed by atoms with Crippen LogP contribution in [-0.2, 0) is 16.1 Å². The van der Waals surface area contributed by atoms with Gasteiger partial charge in [-0.2, -0.15) is 0 Å². The Morgan fingerprint density at radius 1 is 1.24 bits per heavy atom. The van der Waals surface area contributed by atoms with Gasteiger partial charge in [-0.05, 0) is 87.5 Å². The summed E-state index contributed by atoms with van der Waals surface area (Å²) in [6.45, 7) is 24.1. The van der Waals surface area contributed by atoms with Crippen molar-refractivity contribution < 1.29 is 14.3 Å². The van der Waals surface area contributed by atoms with Crippen LogP contribution in [0.2, 0.25) is 0 Å². The number of nitrogens with two attached hydrogens (primary N) is 1.